The second-order valence-electron chi connectivity index (χ2n) is 6.91. The molecule has 0 aliphatic carbocycles. The van der Waals surface area contributed by atoms with Gasteiger partial charge in [0.05, 0.1) is 0 Å². The lowest BCUT2D eigenvalue weighted by Gasteiger charge is -2.16. The Kier molecular flexibility index (Phi) is 7.77. The van der Waals surface area contributed by atoms with Crippen LogP contribution in [0.3, 0.4) is 0 Å². The first-order valence-electron chi connectivity index (χ1n) is 9.44. The highest BCUT2D eigenvalue weighted by atomic mass is 16.5. The smallest absolute Gasteiger partial charge is 0.279 e. The zero-order valence-corrected chi connectivity index (χ0v) is 17.2. The maximum absolute atomic E-state index is 12.1. The third kappa shape index (κ3) is 6.95. The van der Waals surface area contributed by atoms with E-state index in [4.69, 9.17) is 4.74 Å². The number of hydrogen-bond donors (Lipinski definition) is 3. The number of hydrogen-bond acceptors (Lipinski definition) is 4. The first-order chi connectivity index (χ1) is 13.8. The molecule has 0 aromatic heterocycles. The second kappa shape index (κ2) is 10.3. The van der Waals surface area contributed by atoms with E-state index in [1.165, 1.54) is 0 Å². The number of carbonyl (C=O) groups excluding carboxylic acids is 3. The van der Waals surface area contributed by atoms with Crippen molar-refractivity contribution in [1.82, 2.24) is 10.9 Å². The van der Waals surface area contributed by atoms with E-state index in [-0.39, 0.29) is 18.7 Å². The lowest BCUT2D eigenvalue weighted by molar-refractivity contribution is -0.133. The van der Waals surface area contributed by atoms with Gasteiger partial charge in [0.25, 0.3) is 5.91 Å². The summed E-state index contributed by atoms with van der Waals surface area (Å²) in [7, 11) is 0. The molecule has 0 fully saturated rings. The molecule has 0 aliphatic rings. The van der Waals surface area contributed by atoms with Gasteiger partial charge in [-0.05, 0) is 62.6 Å². The quantitative estimate of drug-likeness (QED) is 0.626. The zero-order chi connectivity index (χ0) is 21.4. The highest BCUT2D eigenvalue weighted by Gasteiger charge is 2.16. The van der Waals surface area contributed by atoms with E-state index in [1.807, 2.05) is 57.2 Å². The van der Waals surface area contributed by atoms with Crippen LogP contribution in [0, 0.1) is 20.8 Å². The van der Waals surface area contributed by atoms with Gasteiger partial charge in [-0.3, -0.25) is 25.2 Å². The van der Waals surface area contributed by atoms with Crippen LogP contribution in [-0.2, 0) is 14.4 Å². The number of anilines is 1. The normalized spacial score (nSPS) is 11.3. The van der Waals surface area contributed by atoms with Crippen molar-refractivity contribution in [3.05, 3.63) is 59.2 Å². The summed E-state index contributed by atoms with van der Waals surface area (Å²) in [6.07, 6.45) is -0.835. The predicted octanol–water partition coefficient (Wildman–Crippen LogP) is 2.95. The molecule has 2 aromatic rings. The number of rotatable bonds is 7. The fourth-order valence-electron chi connectivity index (χ4n) is 2.50. The molecule has 29 heavy (non-hydrogen) atoms. The number of amides is 3. The van der Waals surface area contributed by atoms with E-state index in [1.54, 1.807) is 13.0 Å². The van der Waals surface area contributed by atoms with Crippen LogP contribution in [0.25, 0.3) is 0 Å². The third-order valence-corrected chi connectivity index (χ3v) is 4.46. The van der Waals surface area contributed by atoms with E-state index in [9.17, 15) is 14.4 Å². The third-order valence-electron chi connectivity index (χ3n) is 4.46. The number of para-hydroxylation sites is 1. The minimum Gasteiger partial charge on any atom is -0.481 e. The zero-order valence-electron chi connectivity index (χ0n) is 17.2. The number of nitrogens with one attached hydrogen (secondary N) is 3. The molecule has 3 amide bonds. The Labute approximate surface area is 170 Å². The van der Waals surface area contributed by atoms with E-state index < -0.39 is 17.9 Å². The van der Waals surface area contributed by atoms with Crippen LogP contribution in [0.5, 0.6) is 5.75 Å². The van der Waals surface area contributed by atoms with Crippen molar-refractivity contribution in [2.45, 2.75) is 46.6 Å². The summed E-state index contributed by atoms with van der Waals surface area (Å²) in [4.78, 5) is 36.0. The molecule has 7 nitrogen and oxygen atoms in total. The van der Waals surface area contributed by atoms with Crippen molar-refractivity contribution >= 4 is 23.4 Å². The molecular formula is C22H27N3O4. The van der Waals surface area contributed by atoms with Crippen LogP contribution in [0.4, 0.5) is 5.69 Å². The van der Waals surface area contributed by atoms with Crippen LogP contribution >= 0.6 is 0 Å². The summed E-state index contributed by atoms with van der Waals surface area (Å²) in [5, 5.41) is 2.75. The number of hydrazine groups is 1. The van der Waals surface area contributed by atoms with Crippen LogP contribution in [-0.4, -0.2) is 23.8 Å². The maximum atomic E-state index is 12.1. The summed E-state index contributed by atoms with van der Waals surface area (Å²) in [6, 6.07) is 13.0. The van der Waals surface area contributed by atoms with Crippen LogP contribution in [0.2, 0.25) is 0 Å². The van der Waals surface area contributed by atoms with Crippen molar-refractivity contribution in [2.75, 3.05) is 5.32 Å². The molecule has 1 unspecified atom stereocenters. The molecule has 0 saturated carbocycles. The topological polar surface area (TPSA) is 96.5 Å². The minimum atomic E-state index is -0.788. The molecule has 7 heteroatoms. The van der Waals surface area contributed by atoms with Gasteiger partial charge in [-0.25, -0.2) is 0 Å². The lowest BCUT2D eigenvalue weighted by atomic mass is 10.1. The molecule has 0 radical (unpaired) electrons. The van der Waals surface area contributed by atoms with Gasteiger partial charge in [-0.1, -0.05) is 24.3 Å². The highest BCUT2D eigenvalue weighted by molar-refractivity contribution is 5.93. The summed E-state index contributed by atoms with van der Waals surface area (Å²) >= 11 is 0. The maximum Gasteiger partial charge on any atom is 0.279 e. The number of ether oxygens (including phenoxy) is 1. The Morgan fingerprint density at radius 2 is 1.55 bits per heavy atom. The van der Waals surface area contributed by atoms with E-state index in [0.29, 0.717) is 11.4 Å². The molecule has 154 valence electrons. The van der Waals surface area contributed by atoms with Crippen LogP contribution in [0.15, 0.2) is 42.5 Å². The van der Waals surface area contributed by atoms with Crippen molar-refractivity contribution in [1.29, 1.82) is 0 Å². The Morgan fingerprint density at radius 3 is 2.24 bits per heavy atom. The van der Waals surface area contributed by atoms with Crippen molar-refractivity contribution in [2.24, 2.45) is 0 Å². The van der Waals surface area contributed by atoms with E-state index in [2.05, 4.69) is 16.2 Å². The fourth-order valence-corrected chi connectivity index (χ4v) is 2.50. The molecule has 2 aromatic carbocycles. The van der Waals surface area contributed by atoms with Crippen molar-refractivity contribution in [3.8, 4) is 5.75 Å². The second-order valence-corrected chi connectivity index (χ2v) is 6.91. The highest BCUT2D eigenvalue weighted by Crippen LogP contribution is 2.17. The van der Waals surface area contributed by atoms with E-state index in [0.717, 1.165) is 16.7 Å². The molecule has 0 heterocycles. The Hall–Kier alpha value is -3.35. The predicted molar refractivity (Wildman–Crippen MR) is 111 cm³/mol. The summed E-state index contributed by atoms with van der Waals surface area (Å²) in [6.45, 7) is 7.42. The van der Waals surface area contributed by atoms with Crippen LogP contribution in [0.1, 0.15) is 36.5 Å². The van der Waals surface area contributed by atoms with Crippen molar-refractivity contribution < 1.29 is 19.1 Å². The number of aryl methyl sites for hydroxylation is 3. The molecule has 0 bridgehead atoms. The fraction of sp³-hybridized carbons (Fsp3) is 0.318. The van der Waals surface area contributed by atoms with E-state index >= 15 is 0 Å². The van der Waals surface area contributed by atoms with Gasteiger partial charge in [-0.15, -0.1) is 0 Å². The van der Waals surface area contributed by atoms with Gasteiger partial charge in [0.1, 0.15) is 5.75 Å². The largest absolute Gasteiger partial charge is 0.481 e. The Morgan fingerprint density at radius 1 is 0.862 bits per heavy atom. The molecule has 0 spiro atoms. The number of benzene rings is 2. The van der Waals surface area contributed by atoms with Crippen molar-refractivity contribution in [3.63, 3.8) is 0 Å². The van der Waals surface area contributed by atoms with Gasteiger partial charge in [0, 0.05) is 18.5 Å². The van der Waals surface area contributed by atoms with Gasteiger partial charge in [-0.2, -0.15) is 0 Å². The molecule has 0 saturated heterocycles. The minimum absolute atomic E-state index is 0.00386. The molecule has 2 rings (SSSR count). The first kappa shape index (κ1) is 21.9. The molecule has 0 aliphatic heterocycles. The SMILES string of the molecule is Cc1ccc(NC(=O)CCC(=O)NNC(=O)C(C)Oc2ccccc2C)cc1C. The first-order valence-corrected chi connectivity index (χ1v) is 9.44. The molecular weight excluding hydrogens is 370 g/mol. The van der Waals surface area contributed by atoms with Crippen LogP contribution < -0.4 is 20.9 Å². The van der Waals surface area contributed by atoms with Gasteiger partial charge in [0.2, 0.25) is 11.8 Å². The van der Waals surface area contributed by atoms with Gasteiger partial charge in [0.15, 0.2) is 6.10 Å². The van der Waals surface area contributed by atoms with Gasteiger partial charge < -0.3 is 10.1 Å². The standard InChI is InChI=1S/C22H27N3O4/c1-14-9-10-18(13-16(14)3)23-20(26)11-12-21(27)24-25-22(28)17(4)29-19-8-6-5-7-15(19)2/h5-10,13,17H,11-12H2,1-4H3,(H,23,26)(H,24,27)(H,25,28). The summed E-state index contributed by atoms with van der Waals surface area (Å²) in [5.41, 5.74) is 8.42. The average molecular weight is 397 g/mol. The van der Waals surface area contributed by atoms with Gasteiger partial charge >= 0.3 is 0 Å². The monoisotopic (exact) mass is 397 g/mol. The summed E-state index contributed by atoms with van der Waals surface area (Å²) in [5.74, 6) is -0.617. The molecule has 1 atom stereocenters. The Bertz CT molecular complexity index is 895. The number of carbonyl (C=O) groups is 3. The average Bonchev–Trinajstić information content (AvgIpc) is 2.69. The molecule has 3 N–H and O–H groups in total. The lowest BCUT2D eigenvalue weighted by Crippen LogP contribution is -2.47. The Balaban J connectivity index is 1.71. The summed E-state index contributed by atoms with van der Waals surface area (Å²) < 4.78 is 5.59.